The van der Waals surface area contributed by atoms with Crippen molar-refractivity contribution in [1.82, 2.24) is 0 Å². The number of benzene rings is 3. The van der Waals surface area contributed by atoms with E-state index in [-0.39, 0.29) is 24.9 Å². The van der Waals surface area contributed by atoms with Crippen LogP contribution in [0.25, 0.3) is 11.1 Å². The number of carboxylic acids is 1. The quantitative estimate of drug-likeness (QED) is 0.564. The molecule has 5 heteroatoms. The molecule has 1 heterocycles. The van der Waals surface area contributed by atoms with Gasteiger partial charge in [-0.3, -0.25) is 4.79 Å². The summed E-state index contributed by atoms with van der Waals surface area (Å²) in [6, 6.07) is 22.5. The van der Waals surface area contributed by atoms with E-state index in [0.29, 0.717) is 5.56 Å². The standard InChI is InChI=1S/C24H21FO4/c1-16-24(29-16,14-23(26)27)20-11-12-22(21(25)13-20)28-15-17-7-9-19(10-8-17)18-5-3-2-4-6-18/h2-13,16H,14-15H2,1H3,(H,26,27). The zero-order chi connectivity index (χ0) is 20.4. The number of carbonyl (C=O) groups is 1. The van der Waals surface area contributed by atoms with Gasteiger partial charge in [0, 0.05) is 0 Å². The van der Waals surface area contributed by atoms with Crippen LogP contribution in [0.5, 0.6) is 5.75 Å². The van der Waals surface area contributed by atoms with E-state index in [2.05, 4.69) is 0 Å². The van der Waals surface area contributed by atoms with Crippen molar-refractivity contribution in [3.8, 4) is 16.9 Å². The normalized spacial score (nSPS) is 20.3. The molecule has 0 bridgehead atoms. The summed E-state index contributed by atoms with van der Waals surface area (Å²) in [6.07, 6.45) is -0.449. The lowest BCUT2D eigenvalue weighted by Gasteiger charge is -2.13. The largest absolute Gasteiger partial charge is 0.486 e. The van der Waals surface area contributed by atoms with Crippen LogP contribution in [0.1, 0.15) is 24.5 Å². The van der Waals surface area contributed by atoms with Crippen LogP contribution in [0.4, 0.5) is 4.39 Å². The lowest BCUT2D eigenvalue weighted by molar-refractivity contribution is -0.138. The zero-order valence-corrected chi connectivity index (χ0v) is 16.0. The number of hydrogen-bond acceptors (Lipinski definition) is 3. The van der Waals surface area contributed by atoms with E-state index in [4.69, 9.17) is 14.6 Å². The van der Waals surface area contributed by atoms with Gasteiger partial charge in [-0.05, 0) is 41.3 Å². The highest BCUT2D eigenvalue weighted by atomic mass is 19.1. The summed E-state index contributed by atoms with van der Waals surface area (Å²) in [5.41, 5.74) is 2.73. The number of epoxide rings is 1. The summed E-state index contributed by atoms with van der Waals surface area (Å²) in [4.78, 5) is 11.1. The number of ether oxygens (including phenoxy) is 2. The molecule has 0 spiro atoms. The average molecular weight is 392 g/mol. The van der Waals surface area contributed by atoms with Crippen molar-refractivity contribution >= 4 is 5.97 Å². The average Bonchev–Trinajstić information content (AvgIpc) is 3.37. The predicted octanol–water partition coefficient (Wildman–Crippen LogP) is 5.16. The molecule has 1 aliphatic rings. The topological polar surface area (TPSA) is 59.1 Å². The molecule has 4 rings (SSSR count). The van der Waals surface area contributed by atoms with Crippen molar-refractivity contribution in [2.24, 2.45) is 0 Å². The van der Waals surface area contributed by atoms with Gasteiger partial charge >= 0.3 is 5.97 Å². The third kappa shape index (κ3) is 4.00. The van der Waals surface area contributed by atoms with Crippen molar-refractivity contribution < 1.29 is 23.8 Å². The Labute approximate surface area is 168 Å². The first-order chi connectivity index (χ1) is 14.0. The molecule has 3 aromatic carbocycles. The highest BCUT2D eigenvalue weighted by Gasteiger charge is 2.56. The summed E-state index contributed by atoms with van der Waals surface area (Å²) < 4.78 is 25.7. The summed E-state index contributed by atoms with van der Waals surface area (Å²) in [7, 11) is 0. The Bertz CT molecular complexity index is 1020. The second kappa shape index (κ2) is 7.68. The van der Waals surface area contributed by atoms with Crippen molar-refractivity contribution in [3.05, 3.63) is 89.7 Å². The van der Waals surface area contributed by atoms with Crippen LogP contribution < -0.4 is 4.74 Å². The third-order valence-electron chi connectivity index (χ3n) is 5.28. The maximum absolute atomic E-state index is 14.5. The van der Waals surface area contributed by atoms with Crippen LogP contribution in [0.3, 0.4) is 0 Å². The Morgan fingerprint density at radius 1 is 1.07 bits per heavy atom. The second-order valence-corrected chi connectivity index (χ2v) is 7.22. The summed E-state index contributed by atoms with van der Waals surface area (Å²) in [6.45, 7) is 2.02. The fourth-order valence-corrected chi connectivity index (χ4v) is 3.56. The number of rotatable bonds is 7. The van der Waals surface area contributed by atoms with Crippen LogP contribution in [-0.4, -0.2) is 17.2 Å². The number of aliphatic carboxylic acids is 1. The van der Waals surface area contributed by atoms with E-state index < -0.39 is 17.4 Å². The fraction of sp³-hybridized carbons (Fsp3) is 0.208. The van der Waals surface area contributed by atoms with Crippen LogP contribution in [0, 0.1) is 5.82 Å². The van der Waals surface area contributed by atoms with Gasteiger partial charge in [0.1, 0.15) is 12.2 Å². The molecule has 1 fully saturated rings. The first-order valence-electron chi connectivity index (χ1n) is 9.45. The van der Waals surface area contributed by atoms with Gasteiger partial charge in [-0.25, -0.2) is 4.39 Å². The molecule has 148 valence electrons. The van der Waals surface area contributed by atoms with Crippen LogP contribution in [-0.2, 0) is 21.7 Å². The lowest BCUT2D eigenvalue weighted by atomic mass is 9.92. The monoisotopic (exact) mass is 392 g/mol. The Kier molecular flexibility index (Phi) is 5.07. The molecule has 1 N–H and O–H groups in total. The highest BCUT2D eigenvalue weighted by Crippen LogP contribution is 2.49. The van der Waals surface area contributed by atoms with E-state index in [0.717, 1.165) is 16.7 Å². The Balaban J connectivity index is 1.43. The molecule has 29 heavy (non-hydrogen) atoms. The molecular formula is C24H21FO4. The van der Waals surface area contributed by atoms with E-state index >= 15 is 0 Å². The molecular weight excluding hydrogens is 371 g/mol. The van der Waals surface area contributed by atoms with Gasteiger partial charge in [0.15, 0.2) is 11.6 Å². The van der Waals surface area contributed by atoms with E-state index in [1.165, 1.54) is 12.1 Å². The first-order valence-corrected chi connectivity index (χ1v) is 9.45. The predicted molar refractivity (Wildman–Crippen MR) is 107 cm³/mol. The van der Waals surface area contributed by atoms with Gasteiger partial charge in [-0.15, -0.1) is 0 Å². The van der Waals surface area contributed by atoms with Crippen LogP contribution in [0.2, 0.25) is 0 Å². The summed E-state index contributed by atoms with van der Waals surface area (Å²) >= 11 is 0. The van der Waals surface area contributed by atoms with Crippen molar-refractivity contribution in [2.75, 3.05) is 0 Å². The van der Waals surface area contributed by atoms with Gasteiger partial charge in [-0.2, -0.15) is 0 Å². The molecule has 1 saturated heterocycles. The Morgan fingerprint density at radius 2 is 1.72 bits per heavy atom. The van der Waals surface area contributed by atoms with E-state index in [1.807, 2.05) is 54.6 Å². The molecule has 1 aliphatic heterocycles. The summed E-state index contributed by atoms with van der Waals surface area (Å²) in [5.74, 6) is -1.38. The fourth-order valence-electron chi connectivity index (χ4n) is 3.56. The van der Waals surface area contributed by atoms with Gasteiger partial charge < -0.3 is 14.6 Å². The maximum Gasteiger partial charge on any atom is 0.306 e. The minimum absolute atomic E-state index is 0.125. The SMILES string of the molecule is CC1OC1(CC(=O)O)c1ccc(OCc2ccc(-c3ccccc3)cc2)c(F)c1. The summed E-state index contributed by atoms with van der Waals surface area (Å²) in [5, 5.41) is 9.10. The maximum atomic E-state index is 14.5. The third-order valence-corrected chi connectivity index (χ3v) is 5.28. The zero-order valence-electron chi connectivity index (χ0n) is 16.0. The van der Waals surface area contributed by atoms with Crippen molar-refractivity contribution in [1.29, 1.82) is 0 Å². The van der Waals surface area contributed by atoms with Crippen molar-refractivity contribution in [3.63, 3.8) is 0 Å². The molecule has 0 saturated carbocycles. The van der Waals surface area contributed by atoms with Gasteiger partial charge in [0.25, 0.3) is 0 Å². The minimum Gasteiger partial charge on any atom is -0.486 e. The van der Waals surface area contributed by atoms with Crippen LogP contribution in [0.15, 0.2) is 72.8 Å². The Morgan fingerprint density at radius 3 is 2.31 bits per heavy atom. The molecule has 0 radical (unpaired) electrons. The molecule has 0 aliphatic carbocycles. The highest BCUT2D eigenvalue weighted by molar-refractivity contribution is 5.69. The van der Waals surface area contributed by atoms with Gasteiger partial charge in [0.05, 0.1) is 12.5 Å². The number of carboxylic acid groups (broad SMARTS) is 1. The van der Waals surface area contributed by atoms with E-state index in [9.17, 15) is 9.18 Å². The van der Waals surface area contributed by atoms with Crippen molar-refractivity contribution in [2.45, 2.75) is 31.7 Å². The Hall–Kier alpha value is -3.18. The lowest BCUT2D eigenvalue weighted by Crippen LogP contribution is -2.17. The molecule has 0 aromatic heterocycles. The molecule has 0 amide bonds. The molecule has 2 atom stereocenters. The van der Waals surface area contributed by atoms with E-state index in [1.54, 1.807) is 13.0 Å². The number of halogens is 1. The first kappa shape index (κ1) is 19.2. The smallest absolute Gasteiger partial charge is 0.306 e. The second-order valence-electron chi connectivity index (χ2n) is 7.22. The minimum atomic E-state index is -0.978. The molecule has 3 aromatic rings. The molecule has 2 unspecified atom stereocenters. The molecule has 4 nitrogen and oxygen atoms in total. The van der Waals surface area contributed by atoms with Gasteiger partial charge in [0.2, 0.25) is 0 Å². The number of hydrogen-bond donors (Lipinski definition) is 1. The van der Waals surface area contributed by atoms with Gasteiger partial charge in [-0.1, -0.05) is 60.7 Å². The van der Waals surface area contributed by atoms with Crippen LogP contribution >= 0.6 is 0 Å².